The van der Waals surface area contributed by atoms with E-state index in [1.165, 1.54) is 18.4 Å². The fraction of sp³-hybridized carbons (Fsp3) is 0.611. The first-order valence-corrected chi connectivity index (χ1v) is 7.99. The Morgan fingerprint density at radius 3 is 2.95 bits per heavy atom. The summed E-state index contributed by atoms with van der Waals surface area (Å²) in [6, 6.07) is 7.50. The smallest absolute Gasteiger partial charge is 0.222 e. The number of carbonyl (C=O) groups is 1. The van der Waals surface area contributed by atoms with Crippen LogP contribution in [0.5, 0.6) is 0 Å². The van der Waals surface area contributed by atoms with Gasteiger partial charge >= 0.3 is 0 Å². The Labute approximate surface area is 121 Å². The molecule has 0 spiro atoms. The maximum absolute atomic E-state index is 12.0. The van der Waals surface area contributed by atoms with Crippen molar-refractivity contribution in [2.75, 3.05) is 6.54 Å². The fourth-order valence-corrected chi connectivity index (χ4v) is 5.02. The van der Waals surface area contributed by atoms with Gasteiger partial charge in [0.05, 0.1) is 0 Å². The monoisotopic (exact) mass is 269 g/mol. The lowest BCUT2D eigenvalue weighted by molar-refractivity contribution is -0.132. The van der Waals surface area contributed by atoms with Crippen LogP contribution in [0.1, 0.15) is 49.3 Å². The van der Waals surface area contributed by atoms with E-state index in [9.17, 15) is 4.79 Å². The van der Waals surface area contributed by atoms with Gasteiger partial charge < -0.3 is 4.90 Å². The number of fused-ring (bicyclic) bond motifs is 5. The van der Waals surface area contributed by atoms with Crippen LogP contribution in [0.25, 0.3) is 0 Å². The highest BCUT2D eigenvalue weighted by atomic mass is 16.2. The summed E-state index contributed by atoms with van der Waals surface area (Å²) < 4.78 is 0. The highest BCUT2D eigenvalue weighted by molar-refractivity contribution is 5.79. The van der Waals surface area contributed by atoms with Crippen LogP contribution in [0.15, 0.2) is 18.2 Å². The van der Waals surface area contributed by atoms with Gasteiger partial charge in [0.25, 0.3) is 0 Å². The fourth-order valence-electron chi connectivity index (χ4n) is 5.02. The molecule has 2 aliphatic heterocycles. The Morgan fingerprint density at radius 1 is 1.25 bits per heavy atom. The Balaban J connectivity index is 1.79. The van der Waals surface area contributed by atoms with Crippen LogP contribution < -0.4 is 0 Å². The highest BCUT2D eigenvalue weighted by Gasteiger charge is 2.51. The number of hydrogen-bond acceptors (Lipinski definition) is 1. The maximum atomic E-state index is 12.0. The zero-order chi connectivity index (χ0) is 13.9. The molecule has 1 aromatic carbocycles. The van der Waals surface area contributed by atoms with E-state index in [4.69, 9.17) is 0 Å². The zero-order valence-corrected chi connectivity index (χ0v) is 12.5. The number of aryl methyl sites for hydroxylation is 2. The molecule has 2 heterocycles. The summed E-state index contributed by atoms with van der Waals surface area (Å²) >= 11 is 0. The normalized spacial score (nSPS) is 35.5. The van der Waals surface area contributed by atoms with Crippen molar-refractivity contribution in [1.29, 1.82) is 0 Å². The topological polar surface area (TPSA) is 20.3 Å². The van der Waals surface area contributed by atoms with Gasteiger partial charge in [0, 0.05) is 19.0 Å². The summed E-state index contributed by atoms with van der Waals surface area (Å²) in [7, 11) is 0. The van der Waals surface area contributed by atoms with Gasteiger partial charge in [0.15, 0.2) is 0 Å². The quantitative estimate of drug-likeness (QED) is 0.708. The maximum Gasteiger partial charge on any atom is 0.222 e. The van der Waals surface area contributed by atoms with Crippen LogP contribution in [-0.4, -0.2) is 23.4 Å². The van der Waals surface area contributed by atoms with Crippen LogP contribution in [0, 0.1) is 12.8 Å². The second-order valence-electron chi connectivity index (χ2n) is 7.17. The lowest BCUT2D eigenvalue weighted by Crippen LogP contribution is -2.55. The third kappa shape index (κ3) is 1.54. The number of hydrogen-bond donors (Lipinski definition) is 0. The van der Waals surface area contributed by atoms with Gasteiger partial charge in [-0.1, -0.05) is 30.7 Å². The van der Waals surface area contributed by atoms with E-state index in [2.05, 4.69) is 36.9 Å². The van der Waals surface area contributed by atoms with Crippen LogP contribution >= 0.6 is 0 Å². The minimum atomic E-state index is 0.283. The van der Waals surface area contributed by atoms with Crippen molar-refractivity contribution in [3.8, 4) is 0 Å². The Hall–Kier alpha value is -1.31. The molecule has 3 aliphatic rings. The average Bonchev–Trinajstić information content (AvgIpc) is 2.80. The van der Waals surface area contributed by atoms with Crippen molar-refractivity contribution in [2.45, 2.75) is 57.4 Å². The molecule has 0 saturated carbocycles. The van der Waals surface area contributed by atoms with E-state index in [1.807, 2.05) is 0 Å². The molecule has 20 heavy (non-hydrogen) atoms. The van der Waals surface area contributed by atoms with Gasteiger partial charge in [0.2, 0.25) is 5.91 Å². The minimum Gasteiger partial charge on any atom is -0.339 e. The molecule has 106 valence electrons. The predicted molar refractivity (Wildman–Crippen MR) is 79.7 cm³/mol. The van der Waals surface area contributed by atoms with Crippen molar-refractivity contribution in [3.05, 3.63) is 34.9 Å². The number of piperidine rings is 1. The van der Waals surface area contributed by atoms with Gasteiger partial charge in [-0.3, -0.25) is 4.79 Å². The molecule has 2 nitrogen and oxygen atoms in total. The third-order valence-corrected chi connectivity index (χ3v) is 6.13. The van der Waals surface area contributed by atoms with E-state index >= 15 is 0 Å². The highest BCUT2D eigenvalue weighted by Crippen LogP contribution is 2.51. The Kier molecular flexibility index (Phi) is 2.55. The molecule has 0 unspecified atom stereocenters. The van der Waals surface area contributed by atoms with Gasteiger partial charge in [-0.05, 0) is 55.1 Å². The molecule has 2 heteroatoms. The van der Waals surface area contributed by atoms with E-state index < -0.39 is 0 Å². The molecule has 2 saturated heterocycles. The second-order valence-corrected chi connectivity index (χ2v) is 7.17. The summed E-state index contributed by atoms with van der Waals surface area (Å²) in [5, 5.41) is 0. The van der Waals surface area contributed by atoms with Crippen LogP contribution in [0.3, 0.4) is 0 Å². The zero-order valence-electron chi connectivity index (χ0n) is 12.5. The number of amides is 1. The first-order chi connectivity index (χ1) is 9.59. The standard InChI is InChI=1S/C18H23NO/c1-12-3-4-13-5-6-14-16-7-8-17(20)19(16)10-9-18(14,2)15(13)11-12/h3-4,11,14,16H,5-10H2,1-2H3/t14-,16-,18-/m0/s1. The Morgan fingerprint density at radius 2 is 2.10 bits per heavy atom. The van der Waals surface area contributed by atoms with Gasteiger partial charge in [-0.15, -0.1) is 0 Å². The summed E-state index contributed by atoms with van der Waals surface area (Å²) in [5.74, 6) is 1.06. The lowest BCUT2D eigenvalue weighted by Gasteiger charge is -2.52. The molecule has 1 aliphatic carbocycles. The Bertz CT molecular complexity index is 579. The van der Waals surface area contributed by atoms with E-state index in [0.29, 0.717) is 17.9 Å². The molecule has 0 aromatic heterocycles. The third-order valence-electron chi connectivity index (χ3n) is 6.13. The average molecular weight is 269 g/mol. The number of rotatable bonds is 0. The van der Waals surface area contributed by atoms with Gasteiger partial charge in [-0.25, -0.2) is 0 Å². The summed E-state index contributed by atoms with van der Waals surface area (Å²) in [6.07, 6.45) is 5.43. The van der Waals surface area contributed by atoms with E-state index in [0.717, 1.165) is 25.8 Å². The van der Waals surface area contributed by atoms with Crippen molar-refractivity contribution in [3.63, 3.8) is 0 Å². The van der Waals surface area contributed by atoms with Crippen molar-refractivity contribution < 1.29 is 4.79 Å². The van der Waals surface area contributed by atoms with E-state index in [-0.39, 0.29) is 5.41 Å². The van der Waals surface area contributed by atoms with Crippen molar-refractivity contribution >= 4 is 5.91 Å². The van der Waals surface area contributed by atoms with Crippen molar-refractivity contribution in [2.24, 2.45) is 5.92 Å². The number of nitrogens with zero attached hydrogens (tertiary/aromatic N) is 1. The summed E-state index contributed by atoms with van der Waals surface area (Å²) in [6.45, 7) is 5.61. The van der Waals surface area contributed by atoms with Crippen LogP contribution in [0.2, 0.25) is 0 Å². The van der Waals surface area contributed by atoms with Crippen LogP contribution in [-0.2, 0) is 16.6 Å². The van der Waals surface area contributed by atoms with Crippen LogP contribution in [0.4, 0.5) is 0 Å². The lowest BCUT2D eigenvalue weighted by atomic mass is 9.58. The molecular formula is C18H23NO. The van der Waals surface area contributed by atoms with Gasteiger partial charge in [0.1, 0.15) is 0 Å². The molecule has 3 atom stereocenters. The molecule has 1 amide bonds. The first kappa shape index (κ1) is 12.4. The number of carbonyl (C=O) groups excluding carboxylic acids is 1. The van der Waals surface area contributed by atoms with Crippen molar-refractivity contribution in [1.82, 2.24) is 4.90 Å². The molecule has 0 N–H and O–H groups in total. The predicted octanol–water partition coefficient (Wildman–Crippen LogP) is 3.21. The first-order valence-electron chi connectivity index (χ1n) is 7.99. The minimum absolute atomic E-state index is 0.283. The van der Waals surface area contributed by atoms with E-state index in [1.54, 1.807) is 11.1 Å². The molecular weight excluding hydrogens is 246 g/mol. The second kappa shape index (κ2) is 4.09. The number of benzene rings is 1. The molecule has 0 radical (unpaired) electrons. The summed E-state index contributed by atoms with van der Waals surface area (Å²) in [5.41, 5.74) is 4.78. The molecule has 4 rings (SSSR count). The summed E-state index contributed by atoms with van der Waals surface area (Å²) in [4.78, 5) is 14.2. The molecule has 0 bridgehead atoms. The molecule has 2 fully saturated rings. The largest absolute Gasteiger partial charge is 0.339 e. The molecule has 1 aromatic rings. The van der Waals surface area contributed by atoms with Gasteiger partial charge in [-0.2, -0.15) is 0 Å². The SMILES string of the molecule is Cc1ccc2c(c1)[C@@]1(C)CCN3C(=O)CC[C@H]3[C@@H]1CC2.